The van der Waals surface area contributed by atoms with Gasteiger partial charge in [0, 0.05) is 36.0 Å². The molecule has 2 aromatic heterocycles. The lowest BCUT2D eigenvalue weighted by Crippen LogP contribution is -2.43. The number of benzene rings is 2. The Bertz CT molecular complexity index is 2140. The van der Waals surface area contributed by atoms with E-state index in [9.17, 15) is 18.8 Å². The van der Waals surface area contributed by atoms with Crippen molar-refractivity contribution in [3.8, 4) is 23.2 Å². The number of nitriles is 1. The highest BCUT2D eigenvalue weighted by atomic mass is 35.5. The molecule has 6 rings (SSSR count). The first-order valence-corrected chi connectivity index (χ1v) is 19.9. The summed E-state index contributed by atoms with van der Waals surface area (Å²) in [5.41, 5.74) is 0.973. The first kappa shape index (κ1) is 43.3. The molecular weight excluding hydrogens is 778 g/mol. The molecule has 304 valence electrons. The second-order valence-corrected chi connectivity index (χ2v) is 17.2. The van der Waals surface area contributed by atoms with E-state index in [1.807, 2.05) is 24.8 Å². The molecule has 8 nitrogen and oxygen atoms in total. The summed E-state index contributed by atoms with van der Waals surface area (Å²) in [6.07, 6.45) is -0.549. The summed E-state index contributed by atoms with van der Waals surface area (Å²) in [6, 6.07) is 4.50. The largest absolute Gasteiger partial charge is 0.461 e. The normalized spacial score (nSPS) is 19.6. The number of carbonyl (C=O) groups is 1. The molecule has 4 unspecified atom stereocenters. The van der Waals surface area contributed by atoms with Crippen LogP contribution in [0.1, 0.15) is 84.8 Å². The molecule has 2 fully saturated rings. The Hall–Kier alpha value is -3.87. The Kier molecular flexibility index (Phi) is 13.1. The number of hydrogen-bond acceptors (Lipinski definition) is 9. The first-order valence-electron chi connectivity index (χ1n) is 18.6. The van der Waals surface area contributed by atoms with Crippen LogP contribution in [0.5, 0.6) is 6.01 Å². The number of thiophene rings is 1. The summed E-state index contributed by atoms with van der Waals surface area (Å²) < 4.78 is 94.7. The van der Waals surface area contributed by atoms with E-state index in [0.717, 1.165) is 81.7 Å². The number of aromatic nitrogens is 2. The summed E-state index contributed by atoms with van der Waals surface area (Å²) in [5, 5.41) is 9.49. The lowest BCUT2D eigenvalue weighted by Gasteiger charge is -2.34. The zero-order valence-corrected chi connectivity index (χ0v) is 34.0. The number of Topliss-reactive ketones (excluding diaryl/α,β-unsaturated/α-hetero) is 1. The van der Waals surface area contributed by atoms with Gasteiger partial charge in [0.05, 0.1) is 21.4 Å². The highest BCUT2D eigenvalue weighted by molar-refractivity contribution is 7.23. The highest BCUT2D eigenvalue weighted by Crippen LogP contribution is 2.48. The van der Waals surface area contributed by atoms with E-state index in [0.29, 0.717) is 11.8 Å². The number of ether oxygens (including phenoxy) is 1. The summed E-state index contributed by atoms with van der Waals surface area (Å²) in [4.78, 5) is 23.1. The van der Waals surface area contributed by atoms with Gasteiger partial charge in [-0.3, -0.25) is 9.69 Å². The molecule has 0 bridgehead atoms. The van der Waals surface area contributed by atoms with E-state index in [2.05, 4.69) is 42.3 Å². The Morgan fingerprint density at radius 2 is 1.89 bits per heavy atom. The maximum absolute atomic E-state index is 17.2. The van der Waals surface area contributed by atoms with E-state index in [-0.39, 0.29) is 73.1 Å². The summed E-state index contributed by atoms with van der Waals surface area (Å²) in [7, 11) is 1.77. The monoisotopic (exact) mass is 824 g/mol. The minimum atomic E-state index is -5.04. The molecule has 56 heavy (non-hydrogen) atoms. The number of anilines is 2. The third-order valence-electron chi connectivity index (χ3n) is 10.8. The number of halogens is 7. The standard InChI is InChI=1S/C37H43F5N6OS.C3H4ClFO/c1-19(2)8-11-27(20(3)4)47(6)34-23-14-25(37(40,41)42)29(22-9-10-26(38)32-28(22)24(16-43)33(44)50-32)30(39)31(23)45-35(46-34)49-18-36-12-7-13-48(36)17-21(5)15-36;1-2(6)3(4)5/h9-10,14,19-21,27H,7-8,11-13,15,17-18,44H2,1-6H3;3H,1H3. The summed E-state index contributed by atoms with van der Waals surface area (Å²) >= 11 is 5.33. The van der Waals surface area contributed by atoms with Crippen molar-refractivity contribution in [2.75, 3.05) is 37.4 Å². The van der Waals surface area contributed by atoms with Gasteiger partial charge >= 0.3 is 12.2 Å². The number of fused-ring (bicyclic) bond motifs is 3. The van der Waals surface area contributed by atoms with Gasteiger partial charge in [0.1, 0.15) is 34.8 Å². The molecule has 4 aromatic rings. The molecule has 2 N–H and O–H groups in total. The smallest absolute Gasteiger partial charge is 0.417 e. The van der Waals surface area contributed by atoms with E-state index >= 15 is 17.6 Å². The van der Waals surface area contributed by atoms with Crippen LogP contribution in [0.25, 0.3) is 32.1 Å². The number of rotatable bonds is 11. The predicted molar refractivity (Wildman–Crippen MR) is 210 cm³/mol. The Morgan fingerprint density at radius 3 is 2.48 bits per heavy atom. The van der Waals surface area contributed by atoms with Crippen LogP contribution in [0, 0.1) is 40.7 Å². The van der Waals surface area contributed by atoms with E-state index in [1.165, 1.54) is 0 Å². The number of hydrogen-bond donors (Lipinski definition) is 1. The Morgan fingerprint density at radius 1 is 1.21 bits per heavy atom. The number of nitrogen functional groups attached to an aromatic ring is 1. The van der Waals surface area contributed by atoms with Crippen molar-refractivity contribution in [1.82, 2.24) is 14.9 Å². The second kappa shape index (κ2) is 16.9. The number of carbonyl (C=O) groups excluding carboxylic acids is 1. The number of ketones is 1. The van der Waals surface area contributed by atoms with Gasteiger partial charge in [-0.1, -0.05) is 52.3 Å². The second-order valence-electron chi connectivity index (χ2n) is 15.8. The molecule has 2 saturated heterocycles. The van der Waals surface area contributed by atoms with Gasteiger partial charge in [0.2, 0.25) is 5.63 Å². The van der Waals surface area contributed by atoms with Crippen LogP contribution in [0.2, 0.25) is 0 Å². The van der Waals surface area contributed by atoms with Crippen LogP contribution in [0.15, 0.2) is 18.2 Å². The van der Waals surface area contributed by atoms with Crippen LogP contribution in [0.3, 0.4) is 0 Å². The average molecular weight is 825 g/mol. The third kappa shape index (κ3) is 8.67. The van der Waals surface area contributed by atoms with Gasteiger partial charge in [-0.25, -0.2) is 13.2 Å². The molecule has 0 aliphatic carbocycles. The van der Waals surface area contributed by atoms with Gasteiger partial charge in [-0.05, 0) is 81.0 Å². The molecule has 0 saturated carbocycles. The predicted octanol–water partition coefficient (Wildman–Crippen LogP) is 10.5. The summed E-state index contributed by atoms with van der Waals surface area (Å²) in [6.45, 7) is 13.7. The Balaban J connectivity index is 0.000000927. The lowest BCUT2D eigenvalue weighted by molar-refractivity contribution is -0.137. The topological polar surface area (TPSA) is 108 Å². The fraction of sp³-hybridized carbons (Fsp3) is 0.550. The van der Waals surface area contributed by atoms with Crippen molar-refractivity contribution < 1.29 is 35.9 Å². The van der Waals surface area contributed by atoms with Gasteiger partial charge in [0.15, 0.2) is 11.6 Å². The fourth-order valence-corrected chi connectivity index (χ4v) is 9.13. The zero-order chi connectivity index (χ0) is 41.4. The van der Waals surface area contributed by atoms with E-state index in [1.54, 1.807) is 7.05 Å². The molecule has 0 radical (unpaired) electrons. The lowest BCUT2D eigenvalue weighted by atomic mass is 9.91. The average Bonchev–Trinajstić information content (AvgIpc) is 3.76. The fourth-order valence-electron chi connectivity index (χ4n) is 8.18. The first-order chi connectivity index (χ1) is 26.2. The SMILES string of the molecule is CC(=O)C(F)Cl.CC(C)CCC(C(C)C)N(C)c1nc(OCC23CCCN2CC(C)C3)nc2c(F)c(-c3ccc(F)c4sc(N)c(C#N)c34)c(C(F)(F)F)cc12. The third-order valence-corrected chi connectivity index (χ3v) is 12.1. The van der Waals surface area contributed by atoms with Crippen LogP contribution >= 0.6 is 22.9 Å². The van der Waals surface area contributed by atoms with Gasteiger partial charge < -0.3 is 15.4 Å². The maximum atomic E-state index is 17.2. The zero-order valence-electron chi connectivity index (χ0n) is 32.5. The molecule has 4 atom stereocenters. The molecule has 2 aliphatic rings. The van der Waals surface area contributed by atoms with Crippen molar-refractivity contribution >= 4 is 60.5 Å². The van der Waals surface area contributed by atoms with Crippen LogP contribution in [0.4, 0.5) is 37.2 Å². The van der Waals surface area contributed by atoms with Crippen LogP contribution in [-0.2, 0) is 11.0 Å². The van der Waals surface area contributed by atoms with E-state index < -0.39 is 40.4 Å². The Labute approximate surface area is 332 Å². The highest BCUT2D eigenvalue weighted by Gasteiger charge is 2.48. The van der Waals surface area contributed by atoms with Crippen molar-refractivity contribution in [3.05, 3.63) is 41.0 Å². The minimum absolute atomic E-state index is 0.0757. The van der Waals surface area contributed by atoms with Gasteiger partial charge in [0.25, 0.3) is 0 Å². The number of alkyl halides is 5. The molecule has 0 amide bonds. The van der Waals surface area contributed by atoms with Crippen LogP contribution < -0.4 is 15.4 Å². The summed E-state index contributed by atoms with van der Waals surface area (Å²) in [5.74, 6) is -1.60. The van der Waals surface area contributed by atoms with Crippen molar-refractivity contribution in [2.24, 2.45) is 17.8 Å². The van der Waals surface area contributed by atoms with Gasteiger partial charge in [-0.15, -0.1) is 11.3 Å². The van der Waals surface area contributed by atoms with Crippen molar-refractivity contribution in [3.63, 3.8) is 0 Å². The molecule has 2 aromatic carbocycles. The molecular formula is C40H47ClF6N6O2S. The van der Waals surface area contributed by atoms with Crippen molar-refractivity contribution in [1.29, 1.82) is 5.26 Å². The quantitative estimate of drug-likeness (QED) is 0.118. The number of nitrogens with zero attached hydrogens (tertiary/aromatic N) is 5. The van der Waals surface area contributed by atoms with E-state index in [4.69, 9.17) is 15.5 Å². The molecule has 16 heteroatoms. The molecule has 2 aliphatic heterocycles. The molecule has 0 spiro atoms. The maximum Gasteiger partial charge on any atom is 0.417 e. The number of nitrogens with two attached hydrogens (primary N) is 1. The van der Waals surface area contributed by atoms with Crippen LogP contribution in [-0.4, -0.2) is 64.6 Å². The minimum Gasteiger partial charge on any atom is -0.461 e. The van der Waals surface area contributed by atoms with Gasteiger partial charge in [-0.2, -0.15) is 28.4 Å². The van der Waals surface area contributed by atoms with Crippen molar-refractivity contribution in [2.45, 2.75) is 97.0 Å². The molecule has 4 heterocycles.